The van der Waals surface area contributed by atoms with Crippen LogP contribution in [0.1, 0.15) is 6.92 Å². The molecule has 0 amide bonds. The van der Waals surface area contributed by atoms with E-state index in [2.05, 4.69) is 8.62 Å². The number of phosphoric acid groups is 1. The molecule has 0 aliphatic carbocycles. The van der Waals surface area contributed by atoms with Crippen LogP contribution in [0.5, 0.6) is 0 Å². The topological polar surface area (TPSA) is 110 Å². The summed E-state index contributed by atoms with van der Waals surface area (Å²) in [5, 5.41) is 0. The van der Waals surface area contributed by atoms with Crippen LogP contribution in [0.3, 0.4) is 0 Å². The molecule has 0 rings (SSSR count). The van der Waals surface area contributed by atoms with E-state index >= 15 is 0 Å². The monoisotopic (exact) mass is 247 g/mol. The first-order chi connectivity index (χ1) is 5.68. The van der Waals surface area contributed by atoms with Crippen LogP contribution in [0.25, 0.3) is 0 Å². The molecule has 7 nitrogen and oxygen atoms in total. The van der Waals surface area contributed by atoms with Crippen LogP contribution in [0.4, 0.5) is 0 Å². The summed E-state index contributed by atoms with van der Waals surface area (Å²) in [6, 6.07) is 0. The lowest BCUT2D eigenvalue weighted by Crippen LogP contribution is -1.92. The van der Waals surface area contributed by atoms with Crippen molar-refractivity contribution in [2.24, 2.45) is 0 Å². The van der Waals surface area contributed by atoms with Crippen molar-refractivity contribution < 1.29 is 32.1 Å². The summed E-state index contributed by atoms with van der Waals surface area (Å²) in [6.07, 6.45) is -0.191. The predicted molar refractivity (Wildman–Crippen MR) is 45.7 cm³/mol. The van der Waals surface area contributed by atoms with Gasteiger partial charge in [0.15, 0.2) is 7.25 Å². The second-order valence-corrected chi connectivity index (χ2v) is 6.72. The highest BCUT2D eigenvalue weighted by Crippen LogP contribution is 2.62. The van der Waals surface area contributed by atoms with E-state index in [4.69, 9.17) is 17.4 Å². The fraction of sp³-hybridized carbons (Fsp3) is 1.00. The average Bonchev–Trinajstić information content (AvgIpc) is 1.81. The minimum atomic E-state index is -4.81. The van der Waals surface area contributed by atoms with Gasteiger partial charge in [-0.05, 0) is 4.31 Å². The standard InChI is InChI=1S/C2H6BO7P3/c1-2-12(3,6)10-13(7,8)9-11(4)5/h2H2,1H3,(H-,4,5,7,8)/p+1. The molecule has 74 valence electrons. The van der Waals surface area contributed by atoms with Crippen molar-refractivity contribution in [3.8, 4) is 0 Å². The van der Waals surface area contributed by atoms with Crippen LogP contribution in [0.15, 0.2) is 0 Å². The second kappa shape index (κ2) is 4.81. The lowest BCUT2D eigenvalue weighted by atomic mass is 10.8. The third-order valence-corrected chi connectivity index (χ3v) is 5.05. The molecule has 2 radical (unpaired) electrons. The Morgan fingerprint density at radius 3 is 2.31 bits per heavy atom. The van der Waals surface area contributed by atoms with Crippen LogP contribution >= 0.6 is 23.3 Å². The van der Waals surface area contributed by atoms with Gasteiger partial charge >= 0.3 is 16.1 Å². The second-order valence-electron chi connectivity index (χ2n) is 1.91. The Labute approximate surface area is 76.8 Å². The third-order valence-electron chi connectivity index (χ3n) is 0.855. The van der Waals surface area contributed by atoms with Gasteiger partial charge in [-0.1, -0.05) is 6.92 Å². The van der Waals surface area contributed by atoms with E-state index in [0.717, 1.165) is 0 Å². The van der Waals surface area contributed by atoms with Gasteiger partial charge in [-0.25, -0.2) is 8.88 Å². The van der Waals surface area contributed by atoms with Gasteiger partial charge in [0.05, 0.1) is 0 Å². The van der Waals surface area contributed by atoms with Crippen LogP contribution in [-0.4, -0.2) is 23.5 Å². The number of hydrogen-bond donors (Lipinski definition) is 2. The molecule has 0 aromatic carbocycles. The molecule has 0 aromatic heterocycles. The minimum absolute atomic E-state index is 0.191. The molecule has 0 saturated heterocycles. The highest BCUT2D eigenvalue weighted by atomic mass is 31.3. The Balaban J connectivity index is 4.43. The van der Waals surface area contributed by atoms with Crippen molar-refractivity contribution in [2.75, 3.05) is 6.16 Å². The maximum Gasteiger partial charge on any atom is 0.705 e. The average molecular weight is 247 g/mol. The van der Waals surface area contributed by atoms with Gasteiger partial charge in [-0.15, -0.1) is 4.89 Å². The number of rotatable bonds is 5. The largest absolute Gasteiger partial charge is 0.705 e. The van der Waals surface area contributed by atoms with Gasteiger partial charge in [0, 0.05) is 10.7 Å². The number of hydrogen-bond acceptors (Lipinski definition) is 5. The SMILES string of the molecule is [B]P(=O)(CC)OP(=O)(O)O[P+](=O)O. The molecular weight excluding hydrogens is 240 g/mol. The molecule has 0 aliphatic heterocycles. The van der Waals surface area contributed by atoms with E-state index < -0.39 is 23.3 Å². The lowest BCUT2D eigenvalue weighted by molar-refractivity contribution is 0.283. The zero-order chi connectivity index (χ0) is 10.7. The quantitative estimate of drug-likeness (QED) is 0.553. The Bertz CT molecular complexity index is 287. The molecular formula is C2H7BO7P3+. The summed E-state index contributed by atoms with van der Waals surface area (Å²) >= 11 is 0. The summed E-state index contributed by atoms with van der Waals surface area (Å²) < 4.78 is 39.2. The van der Waals surface area contributed by atoms with Crippen LogP contribution in [0, 0.1) is 0 Å². The molecule has 0 saturated carbocycles. The molecule has 0 aliphatic rings. The molecule has 11 heteroatoms. The summed E-state index contributed by atoms with van der Waals surface area (Å²) in [4.78, 5) is 16.8. The van der Waals surface area contributed by atoms with E-state index in [9.17, 15) is 13.7 Å². The van der Waals surface area contributed by atoms with E-state index in [1.165, 1.54) is 6.92 Å². The fourth-order valence-electron chi connectivity index (χ4n) is 0.336. The zero-order valence-corrected chi connectivity index (χ0v) is 9.25. The van der Waals surface area contributed by atoms with Crippen LogP contribution in [-0.2, 0) is 22.3 Å². The summed E-state index contributed by atoms with van der Waals surface area (Å²) in [7, 11) is -6.93. The highest BCUT2D eigenvalue weighted by Gasteiger charge is 2.38. The molecule has 0 aromatic rings. The molecule has 0 heterocycles. The van der Waals surface area contributed by atoms with Gasteiger partial charge in [0.2, 0.25) is 7.57 Å². The van der Waals surface area contributed by atoms with Crippen molar-refractivity contribution in [3.05, 3.63) is 0 Å². The van der Waals surface area contributed by atoms with Crippen LogP contribution < -0.4 is 0 Å². The van der Waals surface area contributed by atoms with E-state index in [-0.39, 0.29) is 6.16 Å². The highest BCUT2D eigenvalue weighted by molar-refractivity contribution is 7.87. The van der Waals surface area contributed by atoms with E-state index in [1.807, 2.05) is 0 Å². The van der Waals surface area contributed by atoms with Crippen LogP contribution in [0.2, 0.25) is 0 Å². The zero-order valence-electron chi connectivity index (χ0n) is 6.56. The lowest BCUT2D eigenvalue weighted by Gasteiger charge is -2.11. The van der Waals surface area contributed by atoms with Crippen molar-refractivity contribution in [1.82, 2.24) is 0 Å². The first-order valence-corrected chi connectivity index (χ1v) is 7.46. The van der Waals surface area contributed by atoms with Gasteiger partial charge in [-0.2, -0.15) is 0 Å². The summed E-state index contributed by atoms with van der Waals surface area (Å²) in [6.45, 7) is 1.36. The van der Waals surface area contributed by atoms with E-state index in [0.29, 0.717) is 0 Å². The van der Waals surface area contributed by atoms with Crippen molar-refractivity contribution in [2.45, 2.75) is 6.92 Å². The Kier molecular flexibility index (Phi) is 4.98. The third kappa shape index (κ3) is 6.52. The molecule has 3 atom stereocenters. The Morgan fingerprint density at radius 2 is 2.00 bits per heavy atom. The van der Waals surface area contributed by atoms with Crippen molar-refractivity contribution in [1.29, 1.82) is 0 Å². The van der Waals surface area contributed by atoms with Crippen molar-refractivity contribution >= 4 is 30.9 Å². The first kappa shape index (κ1) is 13.5. The fourth-order valence-corrected chi connectivity index (χ4v) is 3.29. The van der Waals surface area contributed by atoms with E-state index in [1.54, 1.807) is 0 Å². The van der Waals surface area contributed by atoms with Gasteiger partial charge in [0.1, 0.15) is 0 Å². The molecule has 2 N–H and O–H groups in total. The Morgan fingerprint density at radius 1 is 1.54 bits per heavy atom. The van der Waals surface area contributed by atoms with Gasteiger partial charge in [0.25, 0.3) is 0 Å². The molecule has 0 bridgehead atoms. The summed E-state index contributed by atoms with van der Waals surface area (Å²) in [5.74, 6) is 0. The minimum Gasteiger partial charge on any atom is -0.305 e. The molecule has 0 spiro atoms. The molecule has 3 unspecified atom stereocenters. The first-order valence-electron chi connectivity index (χ1n) is 2.96. The van der Waals surface area contributed by atoms with Gasteiger partial charge in [-0.3, -0.25) is 4.89 Å². The normalized spacial score (nSPS) is 21.6. The van der Waals surface area contributed by atoms with Gasteiger partial charge < -0.3 is 4.57 Å². The van der Waals surface area contributed by atoms with Crippen molar-refractivity contribution in [3.63, 3.8) is 0 Å². The maximum atomic E-state index is 10.9. The predicted octanol–water partition coefficient (Wildman–Crippen LogP) is 1.15. The molecule has 13 heavy (non-hydrogen) atoms. The maximum absolute atomic E-state index is 10.9. The smallest absolute Gasteiger partial charge is 0.305 e. The Hall–Kier alpha value is 0.465. The summed E-state index contributed by atoms with van der Waals surface area (Å²) in [5.41, 5.74) is 0. The molecule has 0 fully saturated rings.